The third-order valence-corrected chi connectivity index (χ3v) is 3.53. The number of hydrogen-bond acceptors (Lipinski definition) is 2. The second-order valence-corrected chi connectivity index (χ2v) is 4.70. The van der Waals surface area contributed by atoms with Gasteiger partial charge in [0.1, 0.15) is 5.75 Å². The van der Waals surface area contributed by atoms with Crippen LogP contribution in [0.2, 0.25) is 0 Å². The lowest BCUT2D eigenvalue weighted by Gasteiger charge is -2.27. The van der Waals surface area contributed by atoms with Crippen LogP contribution in [0.5, 0.6) is 5.75 Å². The van der Waals surface area contributed by atoms with Gasteiger partial charge in [0.2, 0.25) is 0 Å². The minimum atomic E-state index is 0.413. The van der Waals surface area contributed by atoms with Crippen molar-refractivity contribution in [2.75, 3.05) is 13.7 Å². The van der Waals surface area contributed by atoms with E-state index in [9.17, 15) is 0 Å². The molecule has 88 valence electrons. The molecule has 0 bridgehead atoms. The molecule has 2 nitrogen and oxygen atoms in total. The van der Waals surface area contributed by atoms with Gasteiger partial charge in [-0.15, -0.1) is 0 Å². The van der Waals surface area contributed by atoms with Crippen molar-refractivity contribution >= 4 is 0 Å². The predicted octanol–water partition coefficient (Wildman–Crippen LogP) is 3.15. The quantitative estimate of drug-likeness (QED) is 0.821. The molecule has 0 heterocycles. The van der Waals surface area contributed by atoms with E-state index >= 15 is 0 Å². The summed E-state index contributed by atoms with van der Waals surface area (Å²) < 4.78 is 5.24. The standard InChI is InChI=1S/C14H21NO/c1-11(15-10-12-5-3-6-12)13-7-4-8-14(9-13)16-2/h4,7-9,11-12,15H,3,5-6,10H2,1-2H3/t11-/m1/s1. The van der Waals surface area contributed by atoms with Gasteiger partial charge in [-0.1, -0.05) is 18.6 Å². The Labute approximate surface area is 98.0 Å². The Morgan fingerprint density at radius 3 is 2.88 bits per heavy atom. The maximum Gasteiger partial charge on any atom is 0.119 e. The van der Waals surface area contributed by atoms with Crippen molar-refractivity contribution in [3.05, 3.63) is 29.8 Å². The van der Waals surface area contributed by atoms with Gasteiger partial charge in [-0.25, -0.2) is 0 Å². The van der Waals surface area contributed by atoms with E-state index < -0.39 is 0 Å². The lowest BCUT2D eigenvalue weighted by atomic mass is 9.85. The smallest absolute Gasteiger partial charge is 0.119 e. The molecule has 0 radical (unpaired) electrons. The number of rotatable bonds is 5. The highest BCUT2D eigenvalue weighted by Gasteiger charge is 2.17. The van der Waals surface area contributed by atoms with Gasteiger partial charge < -0.3 is 10.1 Å². The molecule has 1 aromatic carbocycles. The molecule has 1 aliphatic rings. The predicted molar refractivity (Wildman–Crippen MR) is 66.8 cm³/mol. The van der Waals surface area contributed by atoms with Crippen LogP contribution in [-0.2, 0) is 0 Å². The van der Waals surface area contributed by atoms with Crippen molar-refractivity contribution < 1.29 is 4.74 Å². The van der Waals surface area contributed by atoms with Gasteiger partial charge in [0.05, 0.1) is 7.11 Å². The summed E-state index contributed by atoms with van der Waals surface area (Å²) in [4.78, 5) is 0. The summed E-state index contributed by atoms with van der Waals surface area (Å²) in [7, 11) is 1.71. The molecule has 2 heteroatoms. The topological polar surface area (TPSA) is 21.3 Å². The molecule has 0 unspecified atom stereocenters. The molecule has 1 aromatic rings. The van der Waals surface area contributed by atoms with E-state index in [1.54, 1.807) is 7.11 Å². The molecule has 0 aliphatic heterocycles. The summed E-state index contributed by atoms with van der Waals surface area (Å²) in [6.07, 6.45) is 4.22. The fraction of sp³-hybridized carbons (Fsp3) is 0.571. The highest BCUT2D eigenvalue weighted by atomic mass is 16.5. The van der Waals surface area contributed by atoms with Gasteiger partial charge in [0.15, 0.2) is 0 Å². The van der Waals surface area contributed by atoms with E-state index in [-0.39, 0.29) is 0 Å². The van der Waals surface area contributed by atoms with Gasteiger partial charge in [-0.05, 0) is 49.9 Å². The molecule has 0 aromatic heterocycles. The normalized spacial score (nSPS) is 17.9. The second kappa shape index (κ2) is 5.35. The minimum absolute atomic E-state index is 0.413. The van der Waals surface area contributed by atoms with E-state index in [1.807, 2.05) is 6.07 Å². The van der Waals surface area contributed by atoms with Crippen LogP contribution >= 0.6 is 0 Å². The zero-order chi connectivity index (χ0) is 11.4. The van der Waals surface area contributed by atoms with Crippen molar-refractivity contribution in [1.29, 1.82) is 0 Å². The molecular weight excluding hydrogens is 198 g/mol. The molecule has 0 saturated heterocycles. The molecule has 1 saturated carbocycles. The van der Waals surface area contributed by atoms with Gasteiger partial charge in [0, 0.05) is 6.04 Å². The fourth-order valence-electron chi connectivity index (χ4n) is 2.07. The average molecular weight is 219 g/mol. The lowest BCUT2D eigenvalue weighted by Crippen LogP contribution is -2.29. The van der Waals surface area contributed by atoms with Gasteiger partial charge in [-0.2, -0.15) is 0 Å². The average Bonchev–Trinajstić information content (AvgIpc) is 2.27. The molecular formula is C14H21NO. The molecule has 1 fully saturated rings. The molecule has 2 rings (SSSR count). The summed E-state index contributed by atoms with van der Waals surface area (Å²) in [6, 6.07) is 8.72. The van der Waals surface area contributed by atoms with Crippen molar-refractivity contribution in [3.8, 4) is 5.75 Å². The Kier molecular flexibility index (Phi) is 3.83. The summed E-state index contributed by atoms with van der Waals surface area (Å²) in [5.74, 6) is 1.85. The van der Waals surface area contributed by atoms with Crippen LogP contribution in [0.4, 0.5) is 0 Å². The van der Waals surface area contributed by atoms with Crippen molar-refractivity contribution in [3.63, 3.8) is 0 Å². The maximum absolute atomic E-state index is 5.24. The minimum Gasteiger partial charge on any atom is -0.497 e. The molecule has 0 amide bonds. The third-order valence-electron chi connectivity index (χ3n) is 3.53. The van der Waals surface area contributed by atoms with E-state index in [0.29, 0.717) is 6.04 Å². The van der Waals surface area contributed by atoms with Crippen LogP contribution in [0.1, 0.15) is 37.8 Å². The Hall–Kier alpha value is -1.02. The van der Waals surface area contributed by atoms with Crippen LogP contribution in [0.15, 0.2) is 24.3 Å². The Morgan fingerprint density at radius 1 is 1.44 bits per heavy atom. The van der Waals surface area contributed by atoms with Crippen molar-refractivity contribution in [1.82, 2.24) is 5.32 Å². The highest BCUT2D eigenvalue weighted by molar-refractivity contribution is 5.30. The Morgan fingerprint density at radius 2 is 2.25 bits per heavy atom. The first-order valence-electron chi connectivity index (χ1n) is 6.17. The molecule has 16 heavy (non-hydrogen) atoms. The maximum atomic E-state index is 5.24. The van der Waals surface area contributed by atoms with Gasteiger partial charge >= 0.3 is 0 Å². The van der Waals surface area contributed by atoms with Gasteiger partial charge in [-0.3, -0.25) is 0 Å². The van der Waals surface area contributed by atoms with Crippen LogP contribution in [0.25, 0.3) is 0 Å². The van der Waals surface area contributed by atoms with Gasteiger partial charge in [0.25, 0.3) is 0 Å². The van der Waals surface area contributed by atoms with Crippen LogP contribution in [0.3, 0.4) is 0 Å². The van der Waals surface area contributed by atoms with E-state index in [1.165, 1.54) is 24.8 Å². The number of hydrogen-bond donors (Lipinski definition) is 1. The fourth-order valence-corrected chi connectivity index (χ4v) is 2.07. The zero-order valence-corrected chi connectivity index (χ0v) is 10.2. The van der Waals surface area contributed by atoms with E-state index in [0.717, 1.165) is 18.2 Å². The first kappa shape index (κ1) is 11.5. The number of benzene rings is 1. The zero-order valence-electron chi connectivity index (χ0n) is 10.2. The highest BCUT2D eigenvalue weighted by Crippen LogP contribution is 2.26. The first-order valence-corrected chi connectivity index (χ1v) is 6.17. The second-order valence-electron chi connectivity index (χ2n) is 4.70. The van der Waals surface area contributed by atoms with Crippen molar-refractivity contribution in [2.24, 2.45) is 5.92 Å². The third kappa shape index (κ3) is 2.76. The largest absolute Gasteiger partial charge is 0.497 e. The van der Waals surface area contributed by atoms with Crippen LogP contribution in [0, 0.1) is 5.92 Å². The number of nitrogens with one attached hydrogen (secondary N) is 1. The lowest BCUT2D eigenvalue weighted by molar-refractivity contribution is 0.292. The monoisotopic (exact) mass is 219 g/mol. The number of ether oxygens (including phenoxy) is 1. The van der Waals surface area contributed by atoms with E-state index in [4.69, 9.17) is 4.74 Å². The first-order chi connectivity index (χ1) is 7.79. The molecule has 0 spiro atoms. The number of methoxy groups -OCH3 is 1. The van der Waals surface area contributed by atoms with Crippen LogP contribution < -0.4 is 10.1 Å². The molecule has 1 N–H and O–H groups in total. The molecule has 1 aliphatic carbocycles. The summed E-state index contributed by atoms with van der Waals surface area (Å²) in [5.41, 5.74) is 1.30. The van der Waals surface area contributed by atoms with E-state index in [2.05, 4.69) is 30.4 Å². The summed E-state index contributed by atoms with van der Waals surface area (Å²) in [5, 5.41) is 3.60. The summed E-state index contributed by atoms with van der Waals surface area (Å²) in [6.45, 7) is 3.37. The summed E-state index contributed by atoms with van der Waals surface area (Å²) >= 11 is 0. The molecule has 1 atom stereocenters. The van der Waals surface area contributed by atoms with Crippen molar-refractivity contribution in [2.45, 2.75) is 32.2 Å². The Bertz CT molecular complexity index is 333. The SMILES string of the molecule is COc1cccc([C@@H](C)NCC2CCC2)c1. The Balaban J connectivity index is 1.88. The van der Waals surface area contributed by atoms with Crippen LogP contribution in [-0.4, -0.2) is 13.7 Å².